The van der Waals surface area contributed by atoms with E-state index in [2.05, 4.69) is 6.92 Å². The van der Waals surface area contributed by atoms with E-state index in [1.807, 2.05) is 0 Å². The van der Waals surface area contributed by atoms with E-state index in [1.165, 1.54) is 40.6 Å². The van der Waals surface area contributed by atoms with Crippen LogP contribution in [0.3, 0.4) is 0 Å². The molecule has 0 aliphatic carbocycles. The van der Waals surface area contributed by atoms with Gasteiger partial charge in [-0.15, -0.1) is 0 Å². The van der Waals surface area contributed by atoms with Crippen molar-refractivity contribution in [3.8, 4) is 0 Å². The zero-order valence-corrected chi connectivity index (χ0v) is 14.4. The third-order valence-corrected chi connectivity index (χ3v) is 3.58. The predicted molar refractivity (Wildman–Crippen MR) is 83.6 cm³/mol. The molecule has 0 saturated carbocycles. The summed E-state index contributed by atoms with van der Waals surface area (Å²) in [4.78, 5) is 11.8. The Bertz CT molecular complexity index is 271. The second-order valence-electron chi connectivity index (χ2n) is 5.38. The van der Waals surface area contributed by atoms with Crippen molar-refractivity contribution in [3.63, 3.8) is 0 Å². The summed E-state index contributed by atoms with van der Waals surface area (Å²) < 4.78 is 20.2. The minimum atomic E-state index is -0.898. The maximum Gasteiger partial charge on any atom is 0.337 e. The molecule has 0 saturated heterocycles. The van der Waals surface area contributed by atoms with Gasteiger partial charge in [-0.1, -0.05) is 39.0 Å². The summed E-state index contributed by atoms with van der Waals surface area (Å²) in [5, 5.41) is 10.1. The van der Waals surface area contributed by atoms with Crippen molar-refractivity contribution in [2.24, 2.45) is 0 Å². The van der Waals surface area contributed by atoms with E-state index in [4.69, 9.17) is 18.9 Å². The molecule has 0 unspecified atom stereocenters. The molecule has 6 nitrogen and oxygen atoms in total. The normalized spacial score (nSPS) is 15.3. The van der Waals surface area contributed by atoms with E-state index >= 15 is 0 Å². The Hall–Kier alpha value is -0.690. The molecule has 0 aromatic heterocycles. The molecule has 0 amide bonds. The second kappa shape index (κ2) is 13.9. The summed E-state index contributed by atoms with van der Waals surface area (Å²) in [5.74, 6) is -0.529. The van der Waals surface area contributed by atoms with E-state index in [0.717, 1.165) is 12.8 Å². The van der Waals surface area contributed by atoms with Gasteiger partial charge in [0, 0.05) is 20.6 Å². The molecular formula is C16H32O6. The molecule has 0 radical (unpaired) electrons. The van der Waals surface area contributed by atoms with Crippen LogP contribution < -0.4 is 0 Å². The highest BCUT2D eigenvalue weighted by atomic mass is 16.7. The fourth-order valence-corrected chi connectivity index (χ4v) is 2.30. The van der Waals surface area contributed by atoms with Crippen molar-refractivity contribution in [1.82, 2.24) is 0 Å². The number of aliphatic hydroxyl groups excluding tert-OH is 1. The van der Waals surface area contributed by atoms with Crippen LogP contribution in [0, 0.1) is 0 Å². The number of rotatable bonds is 14. The minimum Gasteiger partial charge on any atom is -0.467 e. The number of esters is 1. The fraction of sp³-hybridized carbons (Fsp3) is 0.938. The number of carbonyl (C=O) groups is 1. The molecular weight excluding hydrogens is 288 g/mol. The standard InChI is InChI=1S/C16H32O6/c1-5-6-7-8-9-10-13(17)11-14(20-3)15(16(18)21-4)22-12-19-2/h13-15,17H,5-12H2,1-4H3/t13-,14-,15+/m1/s1. The topological polar surface area (TPSA) is 74.2 Å². The van der Waals surface area contributed by atoms with E-state index in [0.29, 0.717) is 12.8 Å². The molecule has 0 bridgehead atoms. The SMILES string of the molecule is CCCCCCC[C@@H](O)C[C@@H](OC)[C@H](OCOC)C(=O)OC. The second-order valence-corrected chi connectivity index (χ2v) is 5.38. The Kier molecular flexibility index (Phi) is 13.5. The smallest absolute Gasteiger partial charge is 0.337 e. The highest BCUT2D eigenvalue weighted by molar-refractivity contribution is 5.75. The van der Waals surface area contributed by atoms with E-state index in [-0.39, 0.29) is 6.79 Å². The number of unbranched alkanes of at least 4 members (excludes halogenated alkanes) is 4. The van der Waals surface area contributed by atoms with Crippen LogP contribution in [0.2, 0.25) is 0 Å². The first-order valence-electron chi connectivity index (χ1n) is 7.99. The van der Waals surface area contributed by atoms with Gasteiger partial charge in [-0.2, -0.15) is 0 Å². The average Bonchev–Trinajstić information content (AvgIpc) is 2.53. The molecule has 0 heterocycles. The molecule has 3 atom stereocenters. The van der Waals surface area contributed by atoms with Crippen LogP contribution in [0.25, 0.3) is 0 Å². The van der Waals surface area contributed by atoms with Crippen LogP contribution in [0.5, 0.6) is 0 Å². The lowest BCUT2D eigenvalue weighted by molar-refractivity contribution is -0.178. The zero-order valence-electron chi connectivity index (χ0n) is 14.4. The summed E-state index contributed by atoms with van der Waals surface area (Å²) in [5.41, 5.74) is 0. The van der Waals surface area contributed by atoms with E-state index in [9.17, 15) is 9.90 Å². The number of hydrogen-bond acceptors (Lipinski definition) is 6. The van der Waals surface area contributed by atoms with Gasteiger partial charge in [0.05, 0.1) is 19.3 Å². The molecule has 0 aliphatic rings. The lowest BCUT2D eigenvalue weighted by Gasteiger charge is -2.25. The molecule has 0 spiro atoms. The lowest BCUT2D eigenvalue weighted by atomic mass is 10.0. The first kappa shape index (κ1) is 21.3. The Balaban J connectivity index is 4.29. The fourth-order valence-electron chi connectivity index (χ4n) is 2.30. The first-order chi connectivity index (χ1) is 10.6. The third-order valence-electron chi connectivity index (χ3n) is 3.58. The van der Waals surface area contributed by atoms with Crippen LogP contribution >= 0.6 is 0 Å². The van der Waals surface area contributed by atoms with Crippen molar-refractivity contribution in [2.75, 3.05) is 28.1 Å². The van der Waals surface area contributed by atoms with Crippen LogP contribution in [-0.2, 0) is 23.7 Å². The largest absolute Gasteiger partial charge is 0.467 e. The Morgan fingerprint density at radius 1 is 1.09 bits per heavy atom. The maximum absolute atomic E-state index is 11.8. The molecule has 6 heteroatoms. The van der Waals surface area contributed by atoms with Gasteiger partial charge >= 0.3 is 5.97 Å². The summed E-state index contributed by atoms with van der Waals surface area (Å²) >= 11 is 0. The summed E-state index contributed by atoms with van der Waals surface area (Å²) in [6, 6.07) is 0. The zero-order chi connectivity index (χ0) is 16.8. The van der Waals surface area contributed by atoms with Gasteiger partial charge in [-0.05, 0) is 6.42 Å². The molecule has 0 aliphatic heterocycles. The Morgan fingerprint density at radius 3 is 2.32 bits per heavy atom. The van der Waals surface area contributed by atoms with Crippen LogP contribution in [0.4, 0.5) is 0 Å². The number of carbonyl (C=O) groups excluding carboxylic acids is 1. The molecule has 0 aromatic rings. The van der Waals surface area contributed by atoms with Crippen molar-refractivity contribution in [3.05, 3.63) is 0 Å². The lowest BCUT2D eigenvalue weighted by Crippen LogP contribution is -2.41. The molecule has 22 heavy (non-hydrogen) atoms. The number of ether oxygens (including phenoxy) is 4. The highest BCUT2D eigenvalue weighted by Crippen LogP contribution is 2.16. The van der Waals surface area contributed by atoms with Gasteiger partial charge in [0.15, 0.2) is 6.10 Å². The number of methoxy groups -OCH3 is 3. The molecule has 132 valence electrons. The monoisotopic (exact) mass is 320 g/mol. The van der Waals surface area contributed by atoms with Crippen molar-refractivity contribution >= 4 is 5.97 Å². The molecule has 0 aromatic carbocycles. The van der Waals surface area contributed by atoms with Crippen LogP contribution in [0.15, 0.2) is 0 Å². The van der Waals surface area contributed by atoms with Gasteiger partial charge in [-0.3, -0.25) is 0 Å². The van der Waals surface area contributed by atoms with Gasteiger partial charge in [0.25, 0.3) is 0 Å². The van der Waals surface area contributed by atoms with Gasteiger partial charge < -0.3 is 24.1 Å². The van der Waals surface area contributed by atoms with Crippen LogP contribution in [-0.4, -0.2) is 57.5 Å². The number of aliphatic hydroxyl groups is 1. The minimum absolute atomic E-state index is 0.0350. The van der Waals surface area contributed by atoms with E-state index < -0.39 is 24.3 Å². The van der Waals surface area contributed by atoms with Crippen molar-refractivity contribution in [1.29, 1.82) is 0 Å². The Morgan fingerprint density at radius 2 is 1.77 bits per heavy atom. The van der Waals surface area contributed by atoms with E-state index in [1.54, 1.807) is 0 Å². The van der Waals surface area contributed by atoms with Crippen molar-refractivity contribution < 1.29 is 28.8 Å². The van der Waals surface area contributed by atoms with Gasteiger partial charge in [0.1, 0.15) is 6.79 Å². The van der Waals surface area contributed by atoms with Gasteiger partial charge in [-0.25, -0.2) is 4.79 Å². The Labute approximate surface area is 134 Å². The average molecular weight is 320 g/mol. The van der Waals surface area contributed by atoms with Crippen LogP contribution in [0.1, 0.15) is 51.9 Å². The molecule has 1 N–H and O–H groups in total. The summed E-state index contributed by atoms with van der Waals surface area (Å²) in [6.07, 6.45) is 4.75. The van der Waals surface area contributed by atoms with Gasteiger partial charge in [0.2, 0.25) is 0 Å². The molecule has 0 fully saturated rings. The van der Waals surface area contributed by atoms with Crippen molar-refractivity contribution in [2.45, 2.75) is 70.2 Å². The predicted octanol–water partition coefficient (Wildman–Crippen LogP) is 2.28. The maximum atomic E-state index is 11.8. The molecule has 0 rings (SSSR count). The quantitative estimate of drug-likeness (QED) is 0.301. The first-order valence-corrected chi connectivity index (χ1v) is 7.99. The highest BCUT2D eigenvalue weighted by Gasteiger charge is 2.32. The summed E-state index contributed by atoms with van der Waals surface area (Å²) in [6.45, 7) is 2.14. The third kappa shape index (κ3) is 9.35. The number of hydrogen-bond donors (Lipinski definition) is 1. The summed E-state index contributed by atoms with van der Waals surface area (Å²) in [7, 11) is 4.26.